The van der Waals surface area contributed by atoms with E-state index in [0.717, 1.165) is 19.4 Å². The van der Waals surface area contributed by atoms with Crippen LogP contribution in [0, 0.1) is 0 Å². The Hall–Kier alpha value is -0.610. The minimum absolute atomic E-state index is 0.157. The lowest BCUT2D eigenvalue weighted by atomic mass is 9.88. The van der Waals surface area contributed by atoms with Crippen LogP contribution in [0.15, 0.2) is 0 Å². The van der Waals surface area contributed by atoms with E-state index < -0.39 is 5.54 Å². The molecule has 0 radical (unpaired) electrons. The predicted octanol–water partition coefficient (Wildman–Crippen LogP) is 0.00620. The molecule has 13 heavy (non-hydrogen) atoms. The second-order valence-corrected chi connectivity index (χ2v) is 3.56. The van der Waals surface area contributed by atoms with Crippen molar-refractivity contribution in [2.75, 3.05) is 27.3 Å². The molecule has 1 heterocycles. The van der Waals surface area contributed by atoms with Gasteiger partial charge in [0.25, 0.3) is 0 Å². The van der Waals surface area contributed by atoms with E-state index in [0.29, 0.717) is 6.42 Å². The summed E-state index contributed by atoms with van der Waals surface area (Å²) >= 11 is 0. The van der Waals surface area contributed by atoms with Crippen molar-refractivity contribution in [3.63, 3.8) is 0 Å². The molecule has 0 saturated carbocycles. The number of ether oxygens (including phenoxy) is 1. The number of likely N-dealkylation sites (N-methyl/N-ethyl adjacent to an activating group) is 1. The predicted molar refractivity (Wildman–Crippen MR) is 48.3 cm³/mol. The second-order valence-electron chi connectivity index (χ2n) is 3.56. The zero-order chi connectivity index (χ0) is 9.90. The maximum atomic E-state index is 11.5. The zero-order valence-electron chi connectivity index (χ0n) is 8.25. The van der Waals surface area contributed by atoms with Crippen LogP contribution in [0.5, 0.6) is 0 Å². The van der Waals surface area contributed by atoms with Crippen molar-refractivity contribution in [3.8, 4) is 0 Å². The summed E-state index contributed by atoms with van der Waals surface area (Å²) in [5.74, 6) is -0.322. The van der Waals surface area contributed by atoms with Crippen molar-refractivity contribution in [2.45, 2.75) is 24.8 Å². The highest BCUT2D eigenvalue weighted by molar-refractivity contribution is 5.81. The standard InChI is InChI=1S/C9H17NO3/c1-10-6-4-3-5-9(10,7-11)8(12)13-2/h11H,3-7H2,1-2H3. The number of carbonyl (C=O) groups is 1. The summed E-state index contributed by atoms with van der Waals surface area (Å²) in [5, 5.41) is 9.27. The van der Waals surface area contributed by atoms with Gasteiger partial charge in [0.05, 0.1) is 13.7 Å². The van der Waals surface area contributed by atoms with Gasteiger partial charge in [0.1, 0.15) is 5.54 Å². The molecule has 0 amide bonds. The maximum Gasteiger partial charge on any atom is 0.328 e. The number of aliphatic hydroxyl groups is 1. The van der Waals surface area contributed by atoms with Crippen molar-refractivity contribution < 1.29 is 14.6 Å². The molecule has 1 fully saturated rings. The van der Waals surface area contributed by atoms with Crippen molar-refractivity contribution in [1.82, 2.24) is 4.90 Å². The van der Waals surface area contributed by atoms with Gasteiger partial charge in [0, 0.05) is 0 Å². The van der Waals surface area contributed by atoms with Gasteiger partial charge in [0.2, 0.25) is 0 Å². The molecule has 4 heteroatoms. The van der Waals surface area contributed by atoms with Crippen LogP contribution in [0.1, 0.15) is 19.3 Å². The largest absolute Gasteiger partial charge is 0.468 e. The van der Waals surface area contributed by atoms with Crippen LogP contribution in [0.3, 0.4) is 0 Å². The number of piperidine rings is 1. The Balaban J connectivity index is 2.82. The number of rotatable bonds is 2. The Morgan fingerprint density at radius 3 is 2.77 bits per heavy atom. The highest BCUT2D eigenvalue weighted by atomic mass is 16.5. The Kier molecular flexibility index (Phi) is 3.27. The minimum atomic E-state index is -0.785. The maximum absolute atomic E-state index is 11.5. The first-order valence-electron chi connectivity index (χ1n) is 4.58. The molecular formula is C9H17NO3. The molecule has 0 spiro atoms. The highest BCUT2D eigenvalue weighted by Gasteiger charge is 2.44. The number of hydrogen-bond donors (Lipinski definition) is 1. The fourth-order valence-electron chi connectivity index (χ4n) is 1.88. The zero-order valence-corrected chi connectivity index (χ0v) is 8.25. The molecule has 1 aliphatic heterocycles. The summed E-state index contributed by atoms with van der Waals surface area (Å²) in [4.78, 5) is 13.4. The first-order chi connectivity index (χ1) is 6.17. The number of carbonyl (C=O) groups excluding carboxylic acids is 1. The van der Waals surface area contributed by atoms with Crippen molar-refractivity contribution in [3.05, 3.63) is 0 Å². The summed E-state index contributed by atoms with van der Waals surface area (Å²) in [6.07, 6.45) is 2.74. The summed E-state index contributed by atoms with van der Waals surface area (Å²) < 4.78 is 4.71. The topological polar surface area (TPSA) is 49.8 Å². The van der Waals surface area contributed by atoms with Gasteiger partial charge in [-0.15, -0.1) is 0 Å². The van der Waals surface area contributed by atoms with E-state index in [4.69, 9.17) is 4.74 Å². The third-order valence-electron chi connectivity index (χ3n) is 2.89. The van der Waals surface area contributed by atoms with Crippen LogP contribution in [-0.4, -0.2) is 48.8 Å². The first kappa shape index (κ1) is 10.5. The van der Waals surface area contributed by atoms with E-state index in [9.17, 15) is 9.90 Å². The molecule has 0 aromatic carbocycles. The average Bonchev–Trinajstić information content (AvgIpc) is 2.18. The van der Waals surface area contributed by atoms with Gasteiger partial charge in [-0.1, -0.05) is 0 Å². The average molecular weight is 187 g/mol. The number of likely N-dealkylation sites (tertiary alicyclic amines) is 1. The molecule has 0 bridgehead atoms. The number of methoxy groups -OCH3 is 1. The summed E-state index contributed by atoms with van der Waals surface area (Å²) in [7, 11) is 3.22. The minimum Gasteiger partial charge on any atom is -0.468 e. The Bertz CT molecular complexity index is 195. The number of aliphatic hydroxyl groups excluding tert-OH is 1. The van der Waals surface area contributed by atoms with E-state index in [1.807, 2.05) is 11.9 Å². The van der Waals surface area contributed by atoms with Crippen LogP contribution in [0.2, 0.25) is 0 Å². The molecule has 1 N–H and O–H groups in total. The van der Waals surface area contributed by atoms with Crippen LogP contribution in [0.4, 0.5) is 0 Å². The third kappa shape index (κ3) is 1.69. The molecule has 4 nitrogen and oxygen atoms in total. The Morgan fingerprint density at radius 1 is 1.62 bits per heavy atom. The molecule has 0 aromatic heterocycles. The molecule has 1 rings (SSSR count). The van der Waals surface area contributed by atoms with Gasteiger partial charge < -0.3 is 9.84 Å². The summed E-state index contributed by atoms with van der Waals surface area (Å²) in [5.41, 5.74) is -0.785. The van der Waals surface area contributed by atoms with Gasteiger partial charge in [0.15, 0.2) is 0 Å². The van der Waals surface area contributed by atoms with Crippen LogP contribution < -0.4 is 0 Å². The molecule has 76 valence electrons. The lowest BCUT2D eigenvalue weighted by Gasteiger charge is -2.41. The van der Waals surface area contributed by atoms with Crippen LogP contribution in [-0.2, 0) is 9.53 Å². The fourth-order valence-corrected chi connectivity index (χ4v) is 1.88. The molecule has 1 atom stereocenters. The third-order valence-corrected chi connectivity index (χ3v) is 2.89. The molecular weight excluding hydrogens is 170 g/mol. The van der Waals surface area contributed by atoms with E-state index in [1.165, 1.54) is 7.11 Å². The number of nitrogens with zero attached hydrogens (tertiary/aromatic N) is 1. The van der Waals surface area contributed by atoms with Crippen molar-refractivity contribution in [2.24, 2.45) is 0 Å². The molecule has 0 aliphatic carbocycles. The van der Waals surface area contributed by atoms with Gasteiger partial charge in [-0.25, -0.2) is 4.79 Å². The van der Waals surface area contributed by atoms with Gasteiger partial charge in [-0.2, -0.15) is 0 Å². The monoisotopic (exact) mass is 187 g/mol. The fraction of sp³-hybridized carbons (Fsp3) is 0.889. The summed E-state index contributed by atoms with van der Waals surface area (Å²) in [6.45, 7) is 0.686. The second kappa shape index (κ2) is 4.07. The van der Waals surface area contributed by atoms with E-state index in [2.05, 4.69) is 0 Å². The van der Waals surface area contributed by atoms with Gasteiger partial charge in [-0.3, -0.25) is 4.90 Å². The van der Waals surface area contributed by atoms with Gasteiger partial charge in [-0.05, 0) is 32.9 Å². The van der Waals surface area contributed by atoms with Crippen molar-refractivity contribution >= 4 is 5.97 Å². The summed E-state index contributed by atoms with van der Waals surface area (Å²) in [6, 6.07) is 0. The first-order valence-corrected chi connectivity index (χ1v) is 4.58. The van der Waals surface area contributed by atoms with Crippen LogP contribution in [0.25, 0.3) is 0 Å². The Morgan fingerprint density at radius 2 is 2.31 bits per heavy atom. The smallest absolute Gasteiger partial charge is 0.328 e. The van der Waals surface area contributed by atoms with E-state index in [1.54, 1.807) is 0 Å². The lowest BCUT2D eigenvalue weighted by molar-refractivity contribution is -0.160. The SMILES string of the molecule is COC(=O)C1(CO)CCCCN1C. The molecule has 0 aromatic rings. The Labute approximate surface area is 78.5 Å². The van der Waals surface area contributed by atoms with E-state index in [-0.39, 0.29) is 12.6 Å². The molecule has 1 unspecified atom stereocenters. The lowest BCUT2D eigenvalue weighted by Crippen LogP contribution is -2.58. The van der Waals surface area contributed by atoms with Gasteiger partial charge >= 0.3 is 5.97 Å². The molecule has 1 saturated heterocycles. The quantitative estimate of drug-likeness (QED) is 0.618. The number of hydrogen-bond acceptors (Lipinski definition) is 4. The van der Waals surface area contributed by atoms with E-state index >= 15 is 0 Å². The normalized spacial score (nSPS) is 30.1. The van der Waals surface area contributed by atoms with Crippen molar-refractivity contribution in [1.29, 1.82) is 0 Å². The van der Waals surface area contributed by atoms with Crippen LogP contribution >= 0.6 is 0 Å². The molecule has 1 aliphatic rings. The highest BCUT2D eigenvalue weighted by Crippen LogP contribution is 2.27. The number of esters is 1.